The minimum Gasteiger partial charge on any atom is -0.324 e. The predicted octanol–water partition coefficient (Wildman–Crippen LogP) is 3.91. The molecule has 144 valence electrons. The van der Waals surface area contributed by atoms with E-state index in [0.29, 0.717) is 22.9 Å². The first-order chi connectivity index (χ1) is 14.1. The zero-order valence-electron chi connectivity index (χ0n) is 15.1. The van der Waals surface area contributed by atoms with E-state index >= 15 is 0 Å². The third kappa shape index (κ3) is 3.90. The topological polar surface area (TPSA) is 86.1 Å². The fraction of sp³-hybridized carbons (Fsp3) is 0.143. The van der Waals surface area contributed by atoms with E-state index in [0.717, 1.165) is 10.8 Å². The first-order valence-electron chi connectivity index (χ1n) is 8.82. The summed E-state index contributed by atoms with van der Waals surface area (Å²) in [6, 6.07) is 17.1. The molecule has 4 rings (SSSR count). The monoisotopic (exact) mass is 422 g/mol. The van der Waals surface area contributed by atoms with Gasteiger partial charge in [-0.1, -0.05) is 35.9 Å². The molecule has 0 aliphatic carbocycles. The molecule has 2 heterocycles. The molecule has 6 nitrogen and oxygen atoms in total. The molecule has 2 amide bonds. The summed E-state index contributed by atoms with van der Waals surface area (Å²) in [5.41, 5.74) is 1.30. The summed E-state index contributed by atoms with van der Waals surface area (Å²) in [5, 5.41) is 13.5. The van der Waals surface area contributed by atoms with E-state index in [9.17, 15) is 9.59 Å². The molecule has 0 radical (unpaired) electrons. The summed E-state index contributed by atoms with van der Waals surface area (Å²) < 4.78 is 0. The Bertz CT molecular complexity index is 1140. The summed E-state index contributed by atoms with van der Waals surface area (Å²) in [6.07, 6.45) is 0. The Balaban J connectivity index is 1.55. The molecule has 1 saturated heterocycles. The summed E-state index contributed by atoms with van der Waals surface area (Å²) in [5.74, 6) is 0.286. The van der Waals surface area contributed by atoms with Gasteiger partial charge >= 0.3 is 0 Å². The summed E-state index contributed by atoms with van der Waals surface area (Å²) in [4.78, 5) is 31.6. The van der Waals surface area contributed by atoms with Crippen LogP contribution in [0.15, 0.2) is 54.6 Å². The lowest BCUT2D eigenvalue weighted by Gasteiger charge is -2.23. The average Bonchev–Trinajstić information content (AvgIpc) is 3.24. The lowest BCUT2D eigenvalue weighted by Crippen LogP contribution is -2.44. The van der Waals surface area contributed by atoms with Crippen LogP contribution in [-0.2, 0) is 4.79 Å². The van der Waals surface area contributed by atoms with Crippen molar-refractivity contribution < 1.29 is 9.59 Å². The van der Waals surface area contributed by atoms with Crippen molar-refractivity contribution in [3.05, 3.63) is 71.0 Å². The highest BCUT2D eigenvalue weighted by molar-refractivity contribution is 7.99. The Hall–Kier alpha value is -3.08. The van der Waals surface area contributed by atoms with Crippen LogP contribution in [0.3, 0.4) is 0 Å². The van der Waals surface area contributed by atoms with Crippen LogP contribution in [0.5, 0.6) is 0 Å². The molecule has 1 aromatic heterocycles. The smallest absolute Gasteiger partial charge is 0.273 e. The van der Waals surface area contributed by atoms with Crippen molar-refractivity contribution in [3.63, 3.8) is 0 Å². The second-order valence-electron chi connectivity index (χ2n) is 6.49. The number of rotatable bonds is 3. The van der Waals surface area contributed by atoms with Gasteiger partial charge in [-0.25, -0.2) is 4.98 Å². The molecule has 1 aliphatic heterocycles. The second-order valence-corrected chi connectivity index (χ2v) is 7.85. The number of benzene rings is 2. The second kappa shape index (κ2) is 8.11. The van der Waals surface area contributed by atoms with Crippen LogP contribution in [-0.4, -0.2) is 39.4 Å². The number of halogens is 1. The van der Waals surface area contributed by atoms with Crippen molar-refractivity contribution in [3.8, 4) is 6.07 Å². The maximum atomic E-state index is 13.1. The number of carbonyl (C=O) groups excluding carboxylic acids is 2. The lowest BCUT2D eigenvalue weighted by molar-refractivity contribution is -0.119. The van der Waals surface area contributed by atoms with Crippen molar-refractivity contribution in [1.29, 1.82) is 5.26 Å². The number of carbonyl (C=O) groups is 2. The molecular formula is C21H15ClN4O2S. The molecule has 8 heteroatoms. The van der Waals surface area contributed by atoms with Crippen molar-refractivity contribution in [1.82, 2.24) is 9.88 Å². The van der Waals surface area contributed by atoms with E-state index in [2.05, 4.69) is 10.3 Å². The molecule has 1 atom stereocenters. The molecule has 2 aromatic carbocycles. The number of hydrogen-bond donors (Lipinski definition) is 1. The molecule has 1 fully saturated rings. The van der Waals surface area contributed by atoms with E-state index in [1.165, 1.54) is 16.7 Å². The van der Waals surface area contributed by atoms with E-state index in [1.54, 1.807) is 30.3 Å². The first-order valence-corrected chi connectivity index (χ1v) is 10.3. The number of nitrogens with one attached hydrogen (secondary N) is 1. The van der Waals surface area contributed by atoms with Gasteiger partial charge in [0.15, 0.2) is 0 Å². The SMILES string of the molecule is N#Cc1ccc(NC(=O)C2CSCN2C(=O)c2cc3ccccc3c(Cl)n2)cc1. The van der Waals surface area contributed by atoms with E-state index in [4.69, 9.17) is 16.9 Å². The van der Waals surface area contributed by atoms with Gasteiger partial charge in [-0.05, 0) is 35.7 Å². The fourth-order valence-electron chi connectivity index (χ4n) is 3.13. The Morgan fingerprint density at radius 3 is 2.72 bits per heavy atom. The van der Waals surface area contributed by atoms with Crippen LogP contribution in [0.25, 0.3) is 10.8 Å². The summed E-state index contributed by atoms with van der Waals surface area (Å²) in [7, 11) is 0. The molecule has 1 N–H and O–H groups in total. The number of hydrogen-bond acceptors (Lipinski definition) is 5. The van der Waals surface area contributed by atoms with Gasteiger partial charge in [-0.15, -0.1) is 11.8 Å². The van der Waals surface area contributed by atoms with Crippen molar-refractivity contribution in [2.24, 2.45) is 0 Å². The van der Waals surface area contributed by atoms with Gasteiger partial charge < -0.3 is 10.2 Å². The number of nitriles is 1. The maximum Gasteiger partial charge on any atom is 0.273 e. The predicted molar refractivity (Wildman–Crippen MR) is 114 cm³/mol. The van der Waals surface area contributed by atoms with Crippen LogP contribution >= 0.6 is 23.4 Å². The minimum absolute atomic E-state index is 0.215. The molecule has 1 unspecified atom stereocenters. The number of anilines is 1. The zero-order chi connectivity index (χ0) is 20.4. The summed E-state index contributed by atoms with van der Waals surface area (Å²) in [6.45, 7) is 0. The number of aromatic nitrogens is 1. The highest BCUT2D eigenvalue weighted by Gasteiger charge is 2.36. The van der Waals surface area contributed by atoms with Crippen molar-refractivity contribution in [2.75, 3.05) is 16.9 Å². The van der Waals surface area contributed by atoms with Gasteiger partial charge in [0, 0.05) is 16.8 Å². The molecule has 3 aromatic rings. The zero-order valence-corrected chi connectivity index (χ0v) is 16.7. The largest absolute Gasteiger partial charge is 0.324 e. The van der Waals surface area contributed by atoms with Gasteiger partial charge in [0.2, 0.25) is 5.91 Å². The number of pyridine rings is 1. The third-order valence-corrected chi connectivity index (χ3v) is 5.94. The minimum atomic E-state index is -0.616. The molecule has 1 aliphatic rings. The van der Waals surface area contributed by atoms with Crippen LogP contribution < -0.4 is 5.32 Å². The highest BCUT2D eigenvalue weighted by Crippen LogP contribution is 2.27. The number of thioether (sulfide) groups is 1. The Morgan fingerprint density at radius 1 is 1.21 bits per heavy atom. The van der Waals surface area contributed by atoms with Gasteiger partial charge in [0.05, 0.1) is 17.5 Å². The molecule has 29 heavy (non-hydrogen) atoms. The van der Waals surface area contributed by atoms with Crippen LogP contribution in [0.2, 0.25) is 5.15 Å². The lowest BCUT2D eigenvalue weighted by atomic mass is 10.1. The summed E-state index contributed by atoms with van der Waals surface area (Å²) >= 11 is 7.76. The van der Waals surface area contributed by atoms with Gasteiger partial charge in [-0.2, -0.15) is 5.26 Å². The number of amides is 2. The van der Waals surface area contributed by atoms with E-state index < -0.39 is 6.04 Å². The van der Waals surface area contributed by atoms with E-state index in [-0.39, 0.29) is 22.7 Å². The van der Waals surface area contributed by atoms with Gasteiger partial charge in [-0.3, -0.25) is 9.59 Å². The Kier molecular flexibility index (Phi) is 5.38. The molecule has 0 saturated carbocycles. The standard InChI is InChI=1S/C21H15ClN4O2S/c22-19-16-4-2-1-3-14(16)9-17(25-19)21(28)26-12-29-11-18(26)20(27)24-15-7-5-13(10-23)6-8-15/h1-9,18H,11-12H2,(H,24,27). The first kappa shape index (κ1) is 19.2. The van der Waals surface area contributed by atoms with Crippen molar-refractivity contribution in [2.45, 2.75) is 6.04 Å². The van der Waals surface area contributed by atoms with Crippen LogP contribution in [0.4, 0.5) is 5.69 Å². The molecule has 0 spiro atoms. The maximum absolute atomic E-state index is 13.1. The average molecular weight is 423 g/mol. The third-order valence-electron chi connectivity index (χ3n) is 4.64. The highest BCUT2D eigenvalue weighted by atomic mass is 35.5. The Labute approximate surface area is 176 Å². The normalized spacial score (nSPS) is 15.9. The van der Waals surface area contributed by atoms with E-state index in [1.807, 2.05) is 30.3 Å². The van der Waals surface area contributed by atoms with Gasteiger partial charge in [0.25, 0.3) is 5.91 Å². The van der Waals surface area contributed by atoms with Crippen LogP contribution in [0, 0.1) is 11.3 Å². The quantitative estimate of drug-likeness (QED) is 0.646. The Morgan fingerprint density at radius 2 is 1.97 bits per heavy atom. The van der Waals surface area contributed by atoms with Gasteiger partial charge in [0.1, 0.15) is 16.9 Å². The molecule has 0 bridgehead atoms. The molecular weight excluding hydrogens is 408 g/mol. The van der Waals surface area contributed by atoms with Crippen LogP contribution in [0.1, 0.15) is 16.1 Å². The number of fused-ring (bicyclic) bond motifs is 1. The van der Waals surface area contributed by atoms with Crippen molar-refractivity contribution >= 4 is 51.6 Å². The fourth-order valence-corrected chi connectivity index (χ4v) is 4.54. The number of nitrogens with zero attached hydrogens (tertiary/aromatic N) is 3.